The van der Waals surface area contributed by atoms with Crippen molar-refractivity contribution < 1.29 is 28.6 Å². The average molecular weight is 417 g/mol. The van der Waals surface area contributed by atoms with Gasteiger partial charge in [-0.1, -0.05) is 54.6 Å². The van der Waals surface area contributed by atoms with E-state index in [4.69, 9.17) is 14.2 Å². The molecule has 1 aliphatic carbocycles. The molecule has 7 nitrogen and oxygen atoms in total. The van der Waals surface area contributed by atoms with E-state index < -0.39 is 17.9 Å². The summed E-state index contributed by atoms with van der Waals surface area (Å²) in [6.07, 6.45) is 8.95. The zero-order valence-corrected chi connectivity index (χ0v) is 17.2. The highest BCUT2D eigenvalue weighted by Gasteiger charge is 2.34. The second-order valence-electron chi connectivity index (χ2n) is 6.75. The lowest BCUT2D eigenvalue weighted by atomic mass is 9.96. The van der Waals surface area contributed by atoms with Crippen LogP contribution in [0, 0.1) is 0 Å². The zero-order valence-electron chi connectivity index (χ0n) is 17.2. The fourth-order valence-electron chi connectivity index (χ4n) is 3.86. The van der Waals surface area contributed by atoms with E-state index in [1.54, 1.807) is 22.7 Å². The summed E-state index contributed by atoms with van der Waals surface area (Å²) in [4.78, 5) is 38.5. The quantitative estimate of drug-likeness (QED) is 0.471. The van der Waals surface area contributed by atoms with Crippen molar-refractivity contribution in [2.75, 3.05) is 21.3 Å². The van der Waals surface area contributed by atoms with Crippen LogP contribution in [0.3, 0.4) is 0 Å². The van der Waals surface area contributed by atoms with Crippen LogP contribution in [0.5, 0.6) is 0 Å². The molecule has 0 fully saturated rings. The first-order chi connectivity index (χ1) is 15.0. The van der Waals surface area contributed by atoms with Gasteiger partial charge in [-0.2, -0.15) is 0 Å². The molecule has 0 saturated carbocycles. The van der Waals surface area contributed by atoms with Crippen molar-refractivity contribution >= 4 is 35.6 Å². The molecule has 7 heteroatoms. The van der Waals surface area contributed by atoms with Crippen LogP contribution in [0.2, 0.25) is 0 Å². The minimum Gasteiger partial charge on any atom is -0.465 e. The van der Waals surface area contributed by atoms with E-state index in [9.17, 15) is 14.4 Å². The molecule has 0 unspecified atom stereocenters. The maximum absolute atomic E-state index is 12.9. The minimum atomic E-state index is -0.846. The van der Waals surface area contributed by atoms with Crippen LogP contribution in [-0.2, 0) is 14.2 Å². The number of esters is 3. The second-order valence-corrected chi connectivity index (χ2v) is 6.75. The van der Waals surface area contributed by atoms with Crippen LogP contribution in [0.25, 0.3) is 28.8 Å². The average Bonchev–Trinajstić information content (AvgIpc) is 3.04. The highest BCUT2D eigenvalue weighted by molar-refractivity contribution is 6.14. The molecule has 0 atom stereocenters. The molecule has 0 aliphatic heterocycles. The van der Waals surface area contributed by atoms with E-state index >= 15 is 0 Å². The predicted molar refractivity (Wildman–Crippen MR) is 115 cm³/mol. The van der Waals surface area contributed by atoms with Crippen molar-refractivity contribution in [1.29, 1.82) is 0 Å². The van der Waals surface area contributed by atoms with Crippen molar-refractivity contribution in [3.05, 3.63) is 76.6 Å². The molecule has 3 aromatic rings. The van der Waals surface area contributed by atoms with Gasteiger partial charge in [0.2, 0.25) is 0 Å². The zero-order chi connectivity index (χ0) is 22.1. The van der Waals surface area contributed by atoms with Crippen molar-refractivity contribution in [3.63, 3.8) is 0 Å². The summed E-state index contributed by atoms with van der Waals surface area (Å²) in [5.74, 6) is -2.39. The summed E-state index contributed by atoms with van der Waals surface area (Å²) in [6.45, 7) is 0. The van der Waals surface area contributed by atoms with E-state index in [0.29, 0.717) is 11.1 Å². The number of hydrogen-bond acceptors (Lipinski definition) is 6. The highest BCUT2D eigenvalue weighted by atomic mass is 16.5. The van der Waals surface area contributed by atoms with Crippen LogP contribution < -0.4 is 0 Å². The molecule has 1 aromatic carbocycles. The van der Waals surface area contributed by atoms with Gasteiger partial charge in [0.25, 0.3) is 0 Å². The first-order valence-corrected chi connectivity index (χ1v) is 9.43. The molecule has 0 saturated heterocycles. The van der Waals surface area contributed by atoms with Gasteiger partial charge in [0, 0.05) is 22.9 Å². The molecular weight excluding hydrogens is 398 g/mol. The Morgan fingerprint density at radius 1 is 0.742 bits per heavy atom. The molecule has 0 N–H and O–H groups in total. The van der Waals surface area contributed by atoms with E-state index in [1.807, 2.05) is 42.5 Å². The van der Waals surface area contributed by atoms with Crippen molar-refractivity contribution in [1.82, 2.24) is 4.40 Å². The van der Waals surface area contributed by atoms with Crippen molar-refractivity contribution in [3.8, 4) is 11.1 Å². The van der Waals surface area contributed by atoms with Crippen molar-refractivity contribution in [2.45, 2.75) is 0 Å². The number of carbonyl (C=O) groups is 3. The Bertz CT molecular complexity index is 1280. The van der Waals surface area contributed by atoms with Crippen LogP contribution in [0.1, 0.15) is 42.3 Å². The summed E-state index contributed by atoms with van der Waals surface area (Å²) in [6, 6.07) is 9.61. The van der Waals surface area contributed by atoms with E-state index in [2.05, 4.69) is 0 Å². The van der Waals surface area contributed by atoms with Gasteiger partial charge in [0.15, 0.2) is 0 Å². The first kappa shape index (κ1) is 20.2. The third-order valence-corrected chi connectivity index (χ3v) is 5.18. The molecule has 2 heterocycles. The largest absolute Gasteiger partial charge is 0.465 e. The van der Waals surface area contributed by atoms with Crippen LogP contribution in [-0.4, -0.2) is 43.6 Å². The van der Waals surface area contributed by atoms with Gasteiger partial charge >= 0.3 is 17.9 Å². The van der Waals surface area contributed by atoms with Gasteiger partial charge in [-0.05, 0) is 5.56 Å². The number of allylic oxidation sites excluding steroid dienone is 2. The Kier molecular flexibility index (Phi) is 5.17. The highest BCUT2D eigenvalue weighted by Crippen LogP contribution is 2.38. The number of hydrogen-bond donors (Lipinski definition) is 0. The Morgan fingerprint density at radius 3 is 1.94 bits per heavy atom. The van der Waals surface area contributed by atoms with Crippen molar-refractivity contribution in [2.24, 2.45) is 0 Å². The monoisotopic (exact) mass is 417 g/mol. The molecule has 0 bridgehead atoms. The molecule has 156 valence electrons. The lowest BCUT2D eigenvalue weighted by molar-refractivity contribution is 0.0530. The first-order valence-electron chi connectivity index (χ1n) is 9.43. The number of ether oxygens (including phenoxy) is 3. The Balaban J connectivity index is 2.27. The van der Waals surface area contributed by atoms with E-state index in [-0.39, 0.29) is 16.8 Å². The van der Waals surface area contributed by atoms with E-state index in [0.717, 1.165) is 16.7 Å². The number of benzene rings is 1. The number of aromatic nitrogens is 1. The Labute approximate surface area is 178 Å². The minimum absolute atomic E-state index is 0.0545. The topological polar surface area (TPSA) is 83.3 Å². The molecular formula is C24H19NO6. The normalized spacial score (nSPS) is 11.8. The van der Waals surface area contributed by atoms with E-state index in [1.165, 1.54) is 21.3 Å². The summed E-state index contributed by atoms with van der Waals surface area (Å²) in [5, 5.41) is 0. The number of rotatable bonds is 4. The van der Waals surface area contributed by atoms with Gasteiger partial charge in [-0.3, -0.25) is 0 Å². The van der Waals surface area contributed by atoms with Gasteiger partial charge in [-0.15, -0.1) is 0 Å². The Morgan fingerprint density at radius 2 is 1.32 bits per heavy atom. The third-order valence-electron chi connectivity index (χ3n) is 5.18. The summed E-state index contributed by atoms with van der Waals surface area (Å²) in [5.41, 5.74) is 3.18. The third kappa shape index (κ3) is 3.11. The number of methoxy groups -OCH3 is 3. The summed E-state index contributed by atoms with van der Waals surface area (Å²) in [7, 11) is 3.60. The molecule has 31 heavy (non-hydrogen) atoms. The van der Waals surface area contributed by atoms with Crippen LogP contribution in [0.4, 0.5) is 0 Å². The molecule has 4 rings (SSSR count). The summed E-state index contributed by atoms with van der Waals surface area (Å²) < 4.78 is 16.4. The predicted octanol–water partition coefficient (Wildman–Crippen LogP) is 4.01. The summed E-state index contributed by atoms with van der Waals surface area (Å²) >= 11 is 0. The SMILES string of the molecule is COC(=O)c1c(C(=O)OC)c(C(=O)OC)n2cc(-c3ccccc3)c3c2c1C=CC=C3. The van der Waals surface area contributed by atoms with Gasteiger partial charge < -0.3 is 18.6 Å². The maximum atomic E-state index is 12.9. The maximum Gasteiger partial charge on any atom is 0.355 e. The smallest absolute Gasteiger partial charge is 0.355 e. The van der Waals surface area contributed by atoms with Gasteiger partial charge in [0.05, 0.1) is 32.4 Å². The standard InChI is InChI=1S/C24H19NO6/c1-29-22(26)18-16-12-8-7-11-15-17(14-9-5-4-6-10-14)13-25(20(15)16)21(24(28)31-3)19(18)23(27)30-2/h4-13H,1-3H3. The lowest BCUT2D eigenvalue weighted by Gasteiger charge is -2.17. The number of pyridine rings is 1. The fourth-order valence-corrected chi connectivity index (χ4v) is 3.86. The molecule has 2 aromatic heterocycles. The van der Waals surface area contributed by atoms with Crippen LogP contribution >= 0.6 is 0 Å². The van der Waals surface area contributed by atoms with Gasteiger partial charge in [0.1, 0.15) is 11.3 Å². The number of carbonyl (C=O) groups excluding carboxylic acids is 3. The molecule has 1 aliphatic rings. The van der Waals surface area contributed by atoms with Crippen LogP contribution in [0.15, 0.2) is 48.7 Å². The fraction of sp³-hybridized carbons (Fsp3) is 0.125. The van der Waals surface area contributed by atoms with Gasteiger partial charge in [-0.25, -0.2) is 14.4 Å². The second kappa shape index (κ2) is 7.95. The molecule has 0 radical (unpaired) electrons. The Hall–Kier alpha value is -4.13. The lowest BCUT2D eigenvalue weighted by Crippen LogP contribution is -2.23. The molecule has 0 amide bonds. The molecule has 0 spiro atoms. The number of nitrogens with zero attached hydrogens (tertiary/aromatic N) is 1.